The molecule has 1 unspecified atom stereocenters. The number of fused-ring (bicyclic) bond motifs is 3. The number of aliphatic hydroxyl groups is 1. The summed E-state index contributed by atoms with van der Waals surface area (Å²) < 4.78 is 0. The van der Waals surface area contributed by atoms with Gasteiger partial charge in [0.05, 0.1) is 0 Å². The minimum absolute atomic E-state index is 0.187. The number of β-amino-alcohol motifs (C(OH)–C–C–N with tert-alkyl or cyclic N) is 1. The molecule has 5 nitrogen and oxygen atoms in total. The zero-order valence-corrected chi connectivity index (χ0v) is 18.4. The van der Waals surface area contributed by atoms with Gasteiger partial charge in [-0.25, -0.2) is 0 Å². The molecule has 1 saturated heterocycles. The van der Waals surface area contributed by atoms with Crippen LogP contribution >= 0.6 is 0 Å². The molecule has 2 aliphatic rings. The summed E-state index contributed by atoms with van der Waals surface area (Å²) in [6, 6.07) is 25.2. The Morgan fingerprint density at radius 2 is 1.38 bits per heavy atom. The van der Waals surface area contributed by atoms with Crippen molar-refractivity contribution in [1.29, 1.82) is 0 Å². The van der Waals surface area contributed by atoms with Crippen LogP contribution in [0.1, 0.15) is 16.7 Å². The molecule has 0 aromatic heterocycles. The lowest BCUT2D eigenvalue weighted by Gasteiger charge is -2.36. The molecule has 1 N–H and O–H groups in total. The van der Waals surface area contributed by atoms with Crippen LogP contribution < -0.4 is 4.90 Å². The van der Waals surface area contributed by atoms with E-state index in [1.54, 1.807) is 0 Å². The Bertz CT molecular complexity index is 1050. The van der Waals surface area contributed by atoms with Crippen LogP contribution in [0.5, 0.6) is 0 Å². The third-order valence-corrected chi connectivity index (χ3v) is 6.32. The Kier molecular flexibility index (Phi) is 5.93. The van der Waals surface area contributed by atoms with Crippen molar-refractivity contribution >= 4 is 11.4 Å². The number of nitrogens with zero attached hydrogens (tertiary/aromatic N) is 3. The maximum atomic E-state index is 10.5. The van der Waals surface area contributed by atoms with Crippen LogP contribution in [-0.4, -0.2) is 61.2 Å². The highest BCUT2D eigenvalue weighted by Gasteiger charge is 2.25. The lowest BCUT2D eigenvalue weighted by Crippen LogP contribution is -2.49. The summed E-state index contributed by atoms with van der Waals surface area (Å²) in [5, 5.41) is 15.0. The summed E-state index contributed by atoms with van der Waals surface area (Å²) in [4.78, 5) is 10.3. The first-order chi connectivity index (χ1) is 15.7. The fourth-order valence-electron chi connectivity index (χ4n) is 4.58. The molecule has 1 aliphatic carbocycles. The molecule has 0 radical (unpaired) electrons. The van der Waals surface area contributed by atoms with Gasteiger partial charge < -0.3 is 14.8 Å². The van der Waals surface area contributed by atoms with Gasteiger partial charge in [0, 0.05) is 49.5 Å². The van der Waals surface area contributed by atoms with Crippen molar-refractivity contribution in [3.8, 4) is 11.1 Å². The molecule has 1 atom stereocenters. The highest BCUT2D eigenvalue weighted by atomic mass is 16.6. The largest absolute Gasteiger partial charge is 0.392 e. The van der Waals surface area contributed by atoms with E-state index in [1.165, 1.54) is 22.4 Å². The van der Waals surface area contributed by atoms with E-state index in [0.717, 1.165) is 43.0 Å². The van der Waals surface area contributed by atoms with Crippen LogP contribution in [0.4, 0.5) is 5.69 Å². The van der Waals surface area contributed by atoms with Gasteiger partial charge in [-0.3, -0.25) is 4.90 Å². The number of hydrogen-bond acceptors (Lipinski definition) is 5. The topological polar surface area (TPSA) is 48.3 Å². The van der Waals surface area contributed by atoms with Crippen LogP contribution in [-0.2, 0) is 4.84 Å². The SMILES string of the molecule is Cc1ccc(N2CCN(CC(O)CON=C3c4ccccc4-c4ccccc43)CC2)cc1. The van der Waals surface area contributed by atoms with Gasteiger partial charge in [-0.05, 0) is 30.2 Å². The second-order valence-corrected chi connectivity index (χ2v) is 8.60. The Morgan fingerprint density at radius 1 is 0.812 bits per heavy atom. The summed E-state index contributed by atoms with van der Waals surface area (Å²) in [7, 11) is 0. The molecule has 5 rings (SSSR count). The number of oxime groups is 1. The molecular weight excluding hydrogens is 398 g/mol. The Balaban J connectivity index is 1.15. The number of anilines is 1. The number of piperazine rings is 1. The molecule has 0 bridgehead atoms. The summed E-state index contributed by atoms with van der Waals surface area (Å²) in [5.41, 5.74) is 7.91. The van der Waals surface area contributed by atoms with E-state index >= 15 is 0 Å². The third-order valence-electron chi connectivity index (χ3n) is 6.32. The van der Waals surface area contributed by atoms with Crippen LogP contribution in [0.3, 0.4) is 0 Å². The van der Waals surface area contributed by atoms with Gasteiger partial charge in [-0.1, -0.05) is 71.4 Å². The highest BCUT2D eigenvalue weighted by molar-refractivity contribution is 6.24. The van der Waals surface area contributed by atoms with Gasteiger partial charge in [0.25, 0.3) is 0 Å². The predicted octanol–water partition coefficient (Wildman–Crippen LogP) is 3.93. The molecule has 1 aliphatic heterocycles. The van der Waals surface area contributed by atoms with E-state index in [1.807, 2.05) is 24.3 Å². The van der Waals surface area contributed by atoms with Gasteiger partial charge in [-0.15, -0.1) is 0 Å². The van der Waals surface area contributed by atoms with Gasteiger partial charge in [0.2, 0.25) is 0 Å². The molecular formula is C27H29N3O2. The van der Waals surface area contributed by atoms with E-state index < -0.39 is 6.10 Å². The zero-order valence-electron chi connectivity index (χ0n) is 18.4. The summed E-state index contributed by atoms with van der Waals surface area (Å²) in [6.45, 7) is 6.69. The Labute approximate surface area is 189 Å². The lowest BCUT2D eigenvalue weighted by molar-refractivity contribution is 0.0183. The molecule has 32 heavy (non-hydrogen) atoms. The lowest BCUT2D eigenvalue weighted by atomic mass is 10.1. The maximum absolute atomic E-state index is 10.5. The average Bonchev–Trinajstić information content (AvgIpc) is 3.14. The van der Waals surface area contributed by atoms with Crippen molar-refractivity contribution in [2.24, 2.45) is 5.16 Å². The molecule has 1 fully saturated rings. The molecule has 0 amide bonds. The number of hydrogen-bond donors (Lipinski definition) is 1. The molecule has 0 spiro atoms. The summed E-state index contributed by atoms with van der Waals surface area (Å²) >= 11 is 0. The number of aryl methyl sites for hydroxylation is 1. The van der Waals surface area contributed by atoms with Gasteiger partial charge in [0.15, 0.2) is 0 Å². The Morgan fingerprint density at radius 3 is 1.97 bits per heavy atom. The summed E-state index contributed by atoms with van der Waals surface area (Å²) in [6.07, 6.45) is -0.572. The van der Waals surface area contributed by atoms with Crippen LogP contribution in [0.2, 0.25) is 0 Å². The van der Waals surface area contributed by atoms with Gasteiger partial charge in [0.1, 0.15) is 18.4 Å². The van der Waals surface area contributed by atoms with E-state index in [9.17, 15) is 5.11 Å². The number of benzene rings is 3. The highest BCUT2D eigenvalue weighted by Crippen LogP contribution is 2.36. The first kappa shape index (κ1) is 20.7. The van der Waals surface area contributed by atoms with Crippen molar-refractivity contribution in [2.75, 3.05) is 44.2 Å². The fraction of sp³-hybridized carbons (Fsp3) is 0.296. The molecule has 5 heteroatoms. The molecule has 0 saturated carbocycles. The molecule has 3 aromatic rings. The number of rotatable bonds is 6. The fourth-order valence-corrected chi connectivity index (χ4v) is 4.58. The first-order valence-electron chi connectivity index (χ1n) is 11.3. The standard InChI is InChI=1S/C27H29N3O2/c1-20-10-12-21(13-11-20)30-16-14-29(15-17-30)18-22(31)19-32-28-27-25-8-4-2-6-23(25)24-7-3-5-9-26(24)27/h2-13,22,31H,14-19H2,1H3. The normalized spacial score (nSPS) is 16.4. The number of aliphatic hydroxyl groups excluding tert-OH is 1. The quantitative estimate of drug-likeness (QED) is 0.474. The van der Waals surface area contributed by atoms with Crippen LogP contribution in [0, 0.1) is 6.92 Å². The van der Waals surface area contributed by atoms with E-state index in [4.69, 9.17) is 4.84 Å². The van der Waals surface area contributed by atoms with E-state index in [2.05, 4.69) is 70.4 Å². The predicted molar refractivity (Wildman–Crippen MR) is 129 cm³/mol. The minimum atomic E-state index is -0.572. The first-order valence-corrected chi connectivity index (χ1v) is 11.3. The van der Waals surface area contributed by atoms with Crippen molar-refractivity contribution < 1.29 is 9.94 Å². The third kappa shape index (κ3) is 4.27. The van der Waals surface area contributed by atoms with Crippen molar-refractivity contribution in [1.82, 2.24) is 4.90 Å². The minimum Gasteiger partial charge on any atom is -0.392 e. The average molecular weight is 428 g/mol. The van der Waals surface area contributed by atoms with Crippen molar-refractivity contribution in [3.05, 3.63) is 89.5 Å². The van der Waals surface area contributed by atoms with Gasteiger partial charge >= 0.3 is 0 Å². The monoisotopic (exact) mass is 427 g/mol. The van der Waals surface area contributed by atoms with Crippen LogP contribution in [0.15, 0.2) is 78.0 Å². The molecule has 1 heterocycles. The van der Waals surface area contributed by atoms with E-state index in [-0.39, 0.29) is 6.61 Å². The zero-order chi connectivity index (χ0) is 21.9. The molecule has 3 aromatic carbocycles. The second-order valence-electron chi connectivity index (χ2n) is 8.60. The molecule has 164 valence electrons. The smallest absolute Gasteiger partial charge is 0.144 e. The van der Waals surface area contributed by atoms with Crippen LogP contribution in [0.25, 0.3) is 11.1 Å². The van der Waals surface area contributed by atoms with Crippen molar-refractivity contribution in [3.63, 3.8) is 0 Å². The maximum Gasteiger partial charge on any atom is 0.144 e. The Hall–Kier alpha value is -3.15. The van der Waals surface area contributed by atoms with Gasteiger partial charge in [-0.2, -0.15) is 0 Å². The van der Waals surface area contributed by atoms with Crippen molar-refractivity contribution in [2.45, 2.75) is 13.0 Å². The van der Waals surface area contributed by atoms with E-state index in [0.29, 0.717) is 6.54 Å². The second kappa shape index (κ2) is 9.15. The summed E-state index contributed by atoms with van der Waals surface area (Å²) in [5.74, 6) is 0.